The van der Waals surface area contributed by atoms with Crippen LogP contribution in [0.25, 0.3) is 0 Å². The third-order valence-corrected chi connectivity index (χ3v) is 3.69. The van der Waals surface area contributed by atoms with Crippen molar-refractivity contribution < 1.29 is 40.0 Å². The first-order valence-corrected chi connectivity index (χ1v) is 7.64. The summed E-state index contributed by atoms with van der Waals surface area (Å²) in [6, 6.07) is 0. The fourth-order valence-electron chi connectivity index (χ4n) is 1.76. The molecular formula is C10H15BF3NO6S. The highest BCUT2D eigenvalue weighted by molar-refractivity contribution is 7.87. The molecule has 0 saturated carbocycles. The van der Waals surface area contributed by atoms with Gasteiger partial charge in [-0.25, -0.2) is 4.79 Å². The van der Waals surface area contributed by atoms with E-state index in [9.17, 15) is 26.4 Å². The summed E-state index contributed by atoms with van der Waals surface area (Å²) in [4.78, 5) is 13.4. The number of carbonyl (C=O) groups is 1. The molecule has 0 N–H and O–H groups in total. The molecule has 0 spiro atoms. The van der Waals surface area contributed by atoms with Crippen molar-refractivity contribution in [1.82, 2.24) is 4.81 Å². The number of esters is 1. The smallest absolute Gasteiger partial charge is 0.462 e. The van der Waals surface area contributed by atoms with Crippen LogP contribution in [0.4, 0.5) is 13.2 Å². The molecule has 0 aromatic rings. The van der Waals surface area contributed by atoms with Crippen molar-refractivity contribution in [1.29, 1.82) is 0 Å². The van der Waals surface area contributed by atoms with Crippen molar-refractivity contribution in [3.63, 3.8) is 0 Å². The number of halogens is 3. The van der Waals surface area contributed by atoms with E-state index in [1.807, 2.05) is 0 Å². The van der Waals surface area contributed by atoms with Crippen molar-refractivity contribution in [3.05, 3.63) is 11.3 Å². The largest absolute Gasteiger partial charge is 0.534 e. The summed E-state index contributed by atoms with van der Waals surface area (Å²) in [5, 5.41) is 0. The van der Waals surface area contributed by atoms with Crippen LogP contribution in [0.1, 0.15) is 13.3 Å². The highest BCUT2D eigenvalue weighted by atomic mass is 32.2. The molecule has 0 aliphatic carbocycles. The van der Waals surface area contributed by atoms with Crippen molar-refractivity contribution in [2.45, 2.75) is 18.9 Å². The first-order valence-electron chi connectivity index (χ1n) is 6.23. The molecule has 1 heterocycles. The molecule has 126 valence electrons. The van der Waals surface area contributed by atoms with Gasteiger partial charge in [0.2, 0.25) is 0 Å². The summed E-state index contributed by atoms with van der Waals surface area (Å²) in [5.41, 5.74) is -5.83. The second-order valence-corrected chi connectivity index (χ2v) is 5.86. The third kappa shape index (κ3) is 4.61. The van der Waals surface area contributed by atoms with Crippen molar-refractivity contribution in [3.8, 4) is 0 Å². The van der Waals surface area contributed by atoms with Gasteiger partial charge in [0.25, 0.3) is 0 Å². The fourth-order valence-corrected chi connectivity index (χ4v) is 2.31. The van der Waals surface area contributed by atoms with Gasteiger partial charge < -0.3 is 18.4 Å². The van der Waals surface area contributed by atoms with E-state index in [0.717, 1.165) is 0 Å². The predicted octanol–water partition coefficient (Wildman–Crippen LogP) is 0.288. The lowest BCUT2D eigenvalue weighted by molar-refractivity contribution is -0.139. The standard InChI is InChI=1S/C10H15BF3NO6S/c1-3-20-9(16)7-6-15(11-19-2)5-4-8(7)21-22(17,18)10(12,13)14/h11H,3-6H2,1-2H3. The molecule has 0 fully saturated rings. The fraction of sp³-hybridized carbons (Fsp3) is 0.700. The van der Waals surface area contributed by atoms with E-state index in [4.69, 9.17) is 9.39 Å². The van der Waals surface area contributed by atoms with Crippen LogP contribution in [-0.2, 0) is 28.5 Å². The van der Waals surface area contributed by atoms with Gasteiger partial charge in [-0.05, 0) is 13.5 Å². The maximum Gasteiger partial charge on any atom is 0.534 e. The molecule has 1 rings (SSSR count). The van der Waals surface area contributed by atoms with Gasteiger partial charge in [0.15, 0.2) is 0 Å². The molecule has 0 aromatic carbocycles. The zero-order valence-electron chi connectivity index (χ0n) is 12.0. The van der Waals surface area contributed by atoms with E-state index in [1.54, 1.807) is 4.81 Å². The minimum absolute atomic E-state index is 0.00802. The third-order valence-electron chi connectivity index (χ3n) is 2.70. The minimum atomic E-state index is -5.82. The molecule has 22 heavy (non-hydrogen) atoms. The number of carbonyl (C=O) groups excluding carboxylic acids is 1. The summed E-state index contributed by atoms with van der Waals surface area (Å²) < 4.78 is 73.0. The average molecular weight is 345 g/mol. The monoisotopic (exact) mass is 345 g/mol. The first kappa shape index (κ1) is 18.8. The van der Waals surface area contributed by atoms with Crippen LogP contribution >= 0.6 is 0 Å². The summed E-state index contributed by atoms with van der Waals surface area (Å²) in [5.74, 6) is -1.47. The molecule has 0 bridgehead atoms. The predicted molar refractivity (Wildman–Crippen MR) is 70.1 cm³/mol. The van der Waals surface area contributed by atoms with Gasteiger partial charge in [-0.15, -0.1) is 0 Å². The lowest BCUT2D eigenvalue weighted by Crippen LogP contribution is -2.39. The van der Waals surface area contributed by atoms with Crippen LogP contribution in [0.15, 0.2) is 11.3 Å². The summed E-state index contributed by atoms with van der Waals surface area (Å²) in [6.07, 6.45) is -0.188. The van der Waals surface area contributed by atoms with Gasteiger partial charge in [-0.3, -0.25) is 0 Å². The van der Waals surface area contributed by atoms with Crippen LogP contribution in [0, 0.1) is 0 Å². The first-order chi connectivity index (χ1) is 10.1. The lowest BCUT2D eigenvalue weighted by Gasteiger charge is -2.28. The molecule has 7 nitrogen and oxygen atoms in total. The van der Waals surface area contributed by atoms with Gasteiger partial charge >= 0.3 is 29.2 Å². The van der Waals surface area contributed by atoms with Crippen LogP contribution in [-0.4, -0.2) is 59.1 Å². The molecule has 0 aromatic heterocycles. The normalized spacial score (nSPS) is 17.3. The zero-order valence-corrected chi connectivity index (χ0v) is 12.8. The quantitative estimate of drug-likeness (QED) is 0.296. The van der Waals surface area contributed by atoms with E-state index >= 15 is 0 Å². The number of nitrogens with zero attached hydrogens (tertiary/aromatic N) is 1. The number of hydrogen-bond acceptors (Lipinski definition) is 7. The molecular weight excluding hydrogens is 330 g/mol. The van der Waals surface area contributed by atoms with Crippen LogP contribution in [0.2, 0.25) is 0 Å². The highest BCUT2D eigenvalue weighted by Crippen LogP contribution is 2.30. The Morgan fingerprint density at radius 1 is 1.41 bits per heavy atom. The van der Waals surface area contributed by atoms with Crippen molar-refractivity contribution >= 4 is 23.7 Å². The maximum atomic E-state index is 12.4. The van der Waals surface area contributed by atoms with Crippen LogP contribution < -0.4 is 0 Å². The Labute approximate surface area is 126 Å². The minimum Gasteiger partial charge on any atom is -0.462 e. The zero-order chi connectivity index (χ0) is 17.0. The van der Waals surface area contributed by atoms with E-state index < -0.39 is 27.4 Å². The Kier molecular flexibility index (Phi) is 6.26. The molecule has 0 amide bonds. The molecule has 12 heteroatoms. The topological polar surface area (TPSA) is 82.1 Å². The maximum absolute atomic E-state index is 12.4. The van der Waals surface area contributed by atoms with E-state index in [0.29, 0.717) is 0 Å². The van der Waals surface area contributed by atoms with Crippen molar-refractivity contribution in [2.24, 2.45) is 0 Å². The van der Waals surface area contributed by atoms with Crippen molar-refractivity contribution in [2.75, 3.05) is 26.8 Å². The summed E-state index contributed by atoms with van der Waals surface area (Å²) in [7, 11) is -4.29. The SMILES string of the molecule is CCOC(=O)C1=C(OS(=O)(=O)C(F)(F)F)CCN(BOC)C1. The number of alkyl halides is 3. The highest BCUT2D eigenvalue weighted by Gasteiger charge is 2.49. The van der Waals surface area contributed by atoms with Gasteiger partial charge in [-0.1, -0.05) is 0 Å². The van der Waals surface area contributed by atoms with Crippen LogP contribution in [0.5, 0.6) is 0 Å². The Bertz CT molecular complexity index is 547. The molecule has 0 radical (unpaired) electrons. The summed E-state index contributed by atoms with van der Waals surface area (Å²) >= 11 is 0. The molecule has 0 atom stereocenters. The molecule has 1 aliphatic heterocycles. The number of ether oxygens (including phenoxy) is 1. The lowest BCUT2D eigenvalue weighted by atomic mass is 10.0. The molecule has 0 unspecified atom stereocenters. The summed E-state index contributed by atoms with van der Waals surface area (Å²) in [6.45, 7) is 1.56. The van der Waals surface area contributed by atoms with Gasteiger partial charge in [0, 0.05) is 20.1 Å². The number of hydrogen-bond donors (Lipinski definition) is 0. The second-order valence-electron chi connectivity index (χ2n) is 4.33. The number of rotatable bonds is 6. The second kappa shape index (κ2) is 7.33. The Hall–Kier alpha value is -1.27. The van der Waals surface area contributed by atoms with Gasteiger partial charge in [0.1, 0.15) is 5.76 Å². The van der Waals surface area contributed by atoms with Crippen LogP contribution in [0.3, 0.4) is 0 Å². The van der Waals surface area contributed by atoms with E-state index in [2.05, 4.69) is 4.18 Å². The Morgan fingerprint density at radius 3 is 2.55 bits per heavy atom. The molecule has 0 saturated heterocycles. The van der Waals surface area contributed by atoms with Gasteiger partial charge in [-0.2, -0.15) is 21.6 Å². The Balaban J connectivity index is 3.08. The van der Waals surface area contributed by atoms with E-state index in [-0.39, 0.29) is 39.3 Å². The Morgan fingerprint density at radius 2 is 2.05 bits per heavy atom. The average Bonchev–Trinajstić information content (AvgIpc) is 2.39. The molecule has 1 aliphatic rings. The van der Waals surface area contributed by atoms with Gasteiger partial charge in [0.05, 0.1) is 12.2 Å². The van der Waals surface area contributed by atoms with E-state index in [1.165, 1.54) is 14.0 Å².